The molecular weight excluding hydrogens is 341 g/mol. The summed E-state index contributed by atoms with van der Waals surface area (Å²) in [6, 6.07) is 7.70. The Morgan fingerprint density at radius 3 is 2.84 bits per heavy atom. The van der Waals surface area contributed by atoms with Crippen molar-refractivity contribution in [2.24, 2.45) is 0 Å². The quantitative estimate of drug-likeness (QED) is 0.757. The number of aromatic amines is 1. The summed E-state index contributed by atoms with van der Waals surface area (Å²) in [7, 11) is 0. The third-order valence-corrected chi connectivity index (χ3v) is 5.28. The van der Waals surface area contributed by atoms with Crippen molar-refractivity contribution in [2.75, 3.05) is 13.1 Å². The molecule has 3 aromatic rings. The Kier molecular flexibility index (Phi) is 3.89. The van der Waals surface area contributed by atoms with Crippen LogP contribution in [0.4, 0.5) is 4.39 Å². The Hall–Kier alpha value is -2.51. The van der Waals surface area contributed by atoms with Gasteiger partial charge in [-0.25, -0.2) is 4.39 Å². The lowest BCUT2D eigenvalue weighted by Gasteiger charge is -2.24. The Labute approximate surface area is 147 Å². The molecule has 128 valence electrons. The number of nitrogens with zero attached hydrogens (tertiary/aromatic N) is 2. The first-order chi connectivity index (χ1) is 12.1. The minimum atomic E-state index is -1.16. The number of nitrogens with one attached hydrogen (secondary N) is 1. The van der Waals surface area contributed by atoms with Crippen LogP contribution in [0.25, 0.3) is 11.3 Å². The second kappa shape index (κ2) is 6.09. The van der Waals surface area contributed by atoms with Gasteiger partial charge >= 0.3 is 0 Å². The van der Waals surface area contributed by atoms with Crippen molar-refractivity contribution < 1.29 is 14.3 Å². The maximum Gasteiger partial charge on any atom is 0.257 e. The van der Waals surface area contributed by atoms with Crippen LogP contribution < -0.4 is 0 Å². The van der Waals surface area contributed by atoms with Crippen LogP contribution in [0.1, 0.15) is 22.3 Å². The number of aliphatic hydroxyl groups is 1. The highest BCUT2D eigenvalue weighted by atomic mass is 32.1. The van der Waals surface area contributed by atoms with Gasteiger partial charge in [-0.1, -0.05) is 12.1 Å². The number of hydrogen-bond donors (Lipinski definition) is 2. The summed E-state index contributed by atoms with van der Waals surface area (Å²) in [4.78, 5) is 14.5. The molecule has 0 saturated carbocycles. The van der Waals surface area contributed by atoms with Gasteiger partial charge in [-0.15, -0.1) is 0 Å². The van der Waals surface area contributed by atoms with Gasteiger partial charge in [-0.3, -0.25) is 9.89 Å². The van der Waals surface area contributed by atoms with Crippen molar-refractivity contribution in [2.45, 2.75) is 12.0 Å². The second-order valence-electron chi connectivity index (χ2n) is 6.19. The lowest BCUT2D eigenvalue weighted by Crippen LogP contribution is -2.34. The molecule has 0 radical (unpaired) electrons. The summed E-state index contributed by atoms with van der Waals surface area (Å²) in [5.41, 5.74) is 1.55. The number of amides is 1. The first-order valence-electron chi connectivity index (χ1n) is 7.90. The standard InChI is InChI=1S/C18H16FN3O2S/c19-14-3-1-13(2-4-14)18(24)6-7-22(11-18)17(23)15-9-20-21-16(15)12-5-8-25-10-12/h1-5,8-10,24H,6-7,11H2,(H,20,21). The van der Waals surface area contributed by atoms with Crippen LogP contribution in [0.5, 0.6) is 0 Å². The Bertz CT molecular complexity index is 891. The number of halogens is 1. The zero-order valence-corrected chi connectivity index (χ0v) is 14.1. The lowest BCUT2D eigenvalue weighted by atomic mass is 9.93. The molecule has 2 aromatic heterocycles. The zero-order chi connectivity index (χ0) is 17.4. The van der Waals surface area contributed by atoms with Crippen LogP contribution in [0, 0.1) is 5.82 Å². The molecule has 1 saturated heterocycles. The van der Waals surface area contributed by atoms with Crippen LogP contribution >= 0.6 is 11.3 Å². The molecule has 25 heavy (non-hydrogen) atoms. The van der Waals surface area contributed by atoms with Crippen molar-refractivity contribution in [3.63, 3.8) is 0 Å². The number of thiophene rings is 1. The minimum absolute atomic E-state index is 0.172. The number of rotatable bonds is 3. The largest absolute Gasteiger partial charge is 0.383 e. The molecule has 4 rings (SSSR count). The van der Waals surface area contributed by atoms with Gasteiger partial charge in [0.15, 0.2) is 0 Å². The summed E-state index contributed by atoms with van der Waals surface area (Å²) < 4.78 is 13.1. The SMILES string of the molecule is O=C(c1cn[nH]c1-c1ccsc1)N1CCC(O)(c2ccc(F)cc2)C1. The summed E-state index contributed by atoms with van der Waals surface area (Å²) in [6.45, 7) is 0.604. The van der Waals surface area contributed by atoms with Gasteiger partial charge in [0.25, 0.3) is 5.91 Å². The maximum absolute atomic E-state index is 13.1. The Morgan fingerprint density at radius 2 is 2.12 bits per heavy atom. The van der Waals surface area contributed by atoms with Gasteiger partial charge in [-0.05, 0) is 35.6 Å². The van der Waals surface area contributed by atoms with E-state index in [0.717, 1.165) is 5.56 Å². The molecule has 0 aliphatic carbocycles. The summed E-state index contributed by atoms with van der Waals surface area (Å²) in [5, 5.41) is 21.7. The average molecular weight is 357 g/mol. The van der Waals surface area contributed by atoms with Crippen LogP contribution in [0.2, 0.25) is 0 Å². The van der Waals surface area contributed by atoms with Crippen molar-refractivity contribution in [3.05, 3.63) is 64.2 Å². The average Bonchev–Trinajstić information content (AvgIpc) is 3.35. The number of H-pyrrole nitrogens is 1. The van der Waals surface area contributed by atoms with Crippen LogP contribution in [0.15, 0.2) is 47.3 Å². The van der Waals surface area contributed by atoms with E-state index in [2.05, 4.69) is 10.2 Å². The van der Waals surface area contributed by atoms with Crippen LogP contribution in [0.3, 0.4) is 0 Å². The fourth-order valence-corrected chi connectivity index (χ4v) is 3.86. The van der Waals surface area contributed by atoms with Gasteiger partial charge in [0, 0.05) is 17.5 Å². The van der Waals surface area contributed by atoms with Gasteiger partial charge in [-0.2, -0.15) is 16.4 Å². The van der Waals surface area contributed by atoms with E-state index >= 15 is 0 Å². The van der Waals surface area contributed by atoms with E-state index in [0.29, 0.717) is 29.8 Å². The van der Waals surface area contributed by atoms with E-state index in [9.17, 15) is 14.3 Å². The molecule has 1 aliphatic rings. The molecule has 0 spiro atoms. The molecular formula is C18H16FN3O2S. The predicted molar refractivity (Wildman–Crippen MR) is 92.7 cm³/mol. The smallest absolute Gasteiger partial charge is 0.257 e. The molecule has 1 unspecified atom stereocenters. The zero-order valence-electron chi connectivity index (χ0n) is 13.3. The minimum Gasteiger partial charge on any atom is -0.383 e. The Morgan fingerprint density at radius 1 is 1.32 bits per heavy atom. The molecule has 1 aromatic carbocycles. The lowest BCUT2D eigenvalue weighted by molar-refractivity contribution is 0.0417. The molecule has 1 atom stereocenters. The van der Waals surface area contributed by atoms with Gasteiger partial charge in [0.05, 0.1) is 24.0 Å². The van der Waals surface area contributed by atoms with Crippen molar-refractivity contribution >= 4 is 17.2 Å². The van der Waals surface area contributed by atoms with E-state index in [1.165, 1.54) is 18.3 Å². The first-order valence-corrected chi connectivity index (χ1v) is 8.85. The highest BCUT2D eigenvalue weighted by Crippen LogP contribution is 2.34. The molecule has 5 nitrogen and oxygen atoms in total. The van der Waals surface area contributed by atoms with E-state index in [1.54, 1.807) is 28.4 Å². The number of benzene rings is 1. The van der Waals surface area contributed by atoms with E-state index < -0.39 is 5.60 Å². The third-order valence-electron chi connectivity index (χ3n) is 4.60. The fraction of sp³-hybridized carbons (Fsp3) is 0.222. The highest BCUT2D eigenvalue weighted by molar-refractivity contribution is 7.08. The number of likely N-dealkylation sites (tertiary alicyclic amines) is 1. The van der Waals surface area contributed by atoms with Gasteiger partial charge < -0.3 is 10.0 Å². The molecule has 3 heterocycles. The summed E-state index contributed by atoms with van der Waals surface area (Å²) in [6.07, 6.45) is 1.93. The normalized spacial score (nSPS) is 20.2. The molecule has 0 bridgehead atoms. The number of carbonyl (C=O) groups is 1. The van der Waals surface area contributed by atoms with E-state index in [-0.39, 0.29) is 18.3 Å². The molecule has 1 aliphatic heterocycles. The first kappa shape index (κ1) is 16.0. The predicted octanol–water partition coefficient (Wildman–Crippen LogP) is 3.01. The number of β-amino-alcohol motifs (C(OH)–C–C–N with tert-alkyl or cyclic N) is 1. The van der Waals surface area contributed by atoms with Crippen molar-refractivity contribution in [1.29, 1.82) is 0 Å². The maximum atomic E-state index is 13.1. The molecule has 2 N–H and O–H groups in total. The van der Waals surface area contributed by atoms with Crippen LogP contribution in [-0.2, 0) is 5.60 Å². The van der Waals surface area contributed by atoms with Gasteiger partial charge in [0.1, 0.15) is 11.4 Å². The highest BCUT2D eigenvalue weighted by Gasteiger charge is 2.40. The Balaban J connectivity index is 1.57. The van der Waals surface area contributed by atoms with Gasteiger partial charge in [0.2, 0.25) is 0 Å². The summed E-state index contributed by atoms with van der Waals surface area (Å²) in [5.74, 6) is -0.523. The monoisotopic (exact) mass is 357 g/mol. The van der Waals surface area contributed by atoms with E-state index in [4.69, 9.17) is 0 Å². The number of hydrogen-bond acceptors (Lipinski definition) is 4. The third kappa shape index (κ3) is 2.85. The second-order valence-corrected chi connectivity index (χ2v) is 6.97. The molecule has 7 heteroatoms. The van der Waals surface area contributed by atoms with Crippen molar-refractivity contribution in [3.8, 4) is 11.3 Å². The molecule has 1 fully saturated rings. The fourth-order valence-electron chi connectivity index (χ4n) is 3.21. The van der Waals surface area contributed by atoms with Crippen molar-refractivity contribution in [1.82, 2.24) is 15.1 Å². The number of aromatic nitrogens is 2. The van der Waals surface area contributed by atoms with E-state index in [1.807, 2.05) is 16.8 Å². The summed E-state index contributed by atoms with van der Waals surface area (Å²) >= 11 is 1.55. The molecule has 1 amide bonds. The van der Waals surface area contributed by atoms with Crippen LogP contribution in [-0.4, -0.2) is 39.2 Å². The number of carbonyl (C=O) groups excluding carboxylic acids is 1. The topological polar surface area (TPSA) is 69.2 Å².